The van der Waals surface area contributed by atoms with Gasteiger partial charge >= 0.3 is 14.2 Å². The number of ether oxygens (including phenoxy) is 4. The maximum absolute atomic E-state index is 7.19. The normalized spacial score (nSPS) is 34.0. The second kappa shape index (κ2) is 26.7. The monoisotopic (exact) mass is 963 g/mol. The molecule has 12 bridgehead atoms. The van der Waals surface area contributed by atoms with Crippen molar-refractivity contribution in [2.45, 2.75) is 243 Å². The van der Waals surface area contributed by atoms with Crippen LogP contribution in [0.4, 0.5) is 0 Å². The van der Waals surface area contributed by atoms with E-state index < -0.39 is 14.2 Å². The Bertz CT molecular complexity index is 1620. The van der Waals surface area contributed by atoms with E-state index in [0.717, 1.165) is 59.6 Å². The van der Waals surface area contributed by atoms with E-state index in [9.17, 15) is 0 Å². The molecule has 70 heavy (non-hydrogen) atoms. The zero-order valence-corrected chi connectivity index (χ0v) is 43.5. The van der Waals surface area contributed by atoms with E-state index in [4.69, 9.17) is 37.6 Å². The second-order valence-electron chi connectivity index (χ2n) is 23.4. The highest BCUT2D eigenvalue weighted by Gasteiger charge is 2.74. The van der Waals surface area contributed by atoms with Crippen LogP contribution in [0.15, 0.2) is 36.4 Å². The third kappa shape index (κ3) is 12.6. The molecule has 6 fully saturated rings. The van der Waals surface area contributed by atoms with E-state index in [0.29, 0.717) is 61.9 Å². The number of rotatable bonds is 0. The molecular formula is C60H92B2O8. The number of hydrogen-bond acceptors (Lipinski definition) is 8. The summed E-state index contributed by atoms with van der Waals surface area (Å²) >= 11 is 0. The zero-order chi connectivity index (χ0) is 47.2. The average Bonchev–Trinajstić information content (AvgIpc) is 4.24. The Balaban J connectivity index is 0.866. The summed E-state index contributed by atoms with van der Waals surface area (Å²) in [6.45, 7) is 2.84. The summed E-state index contributed by atoms with van der Waals surface area (Å²) in [5, 5.41) is 0. The fraction of sp³-hybridized carbons (Fsp3) is 0.800. The first-order valence-electron chi connectivity index (χ1n) is 30.2. The minimum atomic E-state index is -0.480. The molecule has 4 aliphatic carbocycles. The number of fused-ring (bicyclic) bond motifs is 38. The van der Waals surface area contributed by atoms with Gasteiger partial charge in [0.1, 0.15) is 23.0 Å². The van der Waals surface area contributed by atoms with Gasteiger partial charge in [-0.05, 0) is 98.3 Å². The topological polar surface area (TPSA) is 73.8 Å². The van der Waals surface area contributed by atoms with E-state index >= 15 is 0 Å². The molecule has 2 saturated heterocycles. The highest BCUT2D eigenvalue weighted by molar-refractivity contribution is 6.64. The lowest BCUT2D eigenvalue weighted by Gasteiger charge is -2.43. The van der Waals surface area contributed by atoms with Gasteiger partial charge in [-0.25, -0.2) is 0 Å². The zero-order valence-electron chi connectivity index (χ0n) is 43.5. The Hall–Kier alpha value is -2.39. The van der Waals surface area contributed by atoms with Gasteiger partial charge in [0.2, 0.25) is 0 Å². The molecule has 4 saturated carbocycles. The van der Waals surface area contributed by atoms with Gasteiger partial charge in [-0.1, -0.05) is 192 Å². The molecule has 2 aromatic rings. The van der Waals surface area contributed by atoms with E-state index in [1.165, 1.54) is 193 Å². The van der Waals surface area contributed by atoms with Gasteiger partial charge in [0.15, 0.2) is 0 Å². The molecule has 10 heteroatoms. The minimum Gasteiger partial charge on any atom is -0.494 e. The molecule has 2 aromatic carbocycles. The van der Waals surface area contributed by atoms with Crippen LogP contribution in [0.25, 0.3) is 0 Å². The predicted octanol–water partition coefficient (Wildman–Crippen LogP) is 13.9. The first-order chi connectivity index (χ1) is 34.8. The number of benzene rings is 2. The third-order valence-electron chi connectivity index (χ3n) is 18.6. The van der Waals surface area contributed by atoms with Crippen molar-refractivity contribution in [2.75, 3.05) is 26.4 Å². The molecule has 10 atom stereocenters. The lowest BCUT2D eigenvalue weighted by Crippen LogP contribution is -2.49. The third-order valence-corrected chi connectivity index (χ3v) is 18.6. The van der Waals surface area contributed by atoms with Crippen molar-refractivity contribution in [2.24, 2.45) is 35.5 Å². The van der Waals surface area contributed by atoms with Crippen LogP contribution < -0.4 is 29.9 Å². The van der Waals surface area contributed by atoms with E-state index in [1.54, 1.807) is 0 Å². The van der Waals surface area contributed by atoms with Crippen LogP contribution in [0.5, 0.6) is 23.0 Å². The van der Waals surface area contributed by atoms with Crippen molar-refractivity contribution < 1.29 is 37.6 Å². The molecular weight excluding hydrogens is 870 g/mol. The van der Waals surface area contributed by atoms with Crippen molar-refractivity contribution in [3.8, 4) is 23.0 Å². The Morgan fingerprint density at radius 2 is 0.471 bits per heavy atom. The van der Waals surface area contributed by atoms with E-state index in [-0.39, 0.29) is 24.4 Å². The Morgan fingerprint density at radius 3 is 0.686 bits per heavy atom. The molecule has 8 nitrogen and oxygen atoms in total. The smallest absolute Gasteiger partial charge is 0.494 e. The average molecular weight is 963 g/mol. The van der Waals surface area contributed by atoms with E-state index in [1.807, 2.05) is 0 Å². The lowest BCUT2D eigenvalue weighted by molar-refractivity contribution is -0.0431. The van der Waals surface area contributed by atoms with Crippen molar-refractivity contribution in [3.05, 3.63) is 36.4 Å². The second-order valence-corrected chi connectivity index (χ2v) is 23.4. The Kier molecular flexibility index (Phi) is 19.5. The highest BCUT2D eigenvalue weighted by atomic mass is 16.7. The summed E-state index contributed by atoms with van der Waals surface area (Å²) in [6.07, 6.45) is 44.4. The summed E-state index contributed by atoms with van der Waals surface area (Å²) < 4.78 is 55.6. The first-order valence-corrected chi connectivity index (χ1v) is 30.2. The molecule has 2 unspecified atom stereocenters. The van der Waals surface area contributed by atoms with Crippen molar-refractivity contribution in [1.82, 2.24) is 0 Å². The first kappa shape index (κ1) is 51.1. The van der Waals surface area contributed by atoms with Gasteiger partial charge in [-0.15, -0.1) is 0 Å². The molecule has 0 aromatic heterocycles. The summed E-state index contributed by atoms with van der Waals surface area (Å²) in [5.74, 6) is 6.50. The van der Waals surface area contributed by atoms with Crippen LogP contribution in [0.1, 0.15) is 218 Å². The summed E-state index contributed by atoms with van der Waals surface area (Å²) in [6, 6.07) is 12.7. The molecule has 12 rings (SSSR count). The van der Waals surface area contributed by atoms with Gasteiger partial charge in [0.25, 0.3) is 0 Å². The molecule has 6 heterocycles. The van der Waals surface area contributed by atoms with E-state index in [2.05, 4.69) is 36.4 Å². The molecule has 0 spiro atoms. The fourth-order valence-corrected chi connectivity index (χ4v) is 15.1. The van der Waals surface area contributed by atoms with Crippen LogP contribution in [-0.2, 0) is 18.6 Å². The predicted molar refractivity (Wildman–Crippen MR) is 283 cm³/mol. The molecule has 0 radical (unpaired) electrons. The standard InChI is InChI=1S/C60H92B2O8/c1-2-6-10-14-18-22-26-30-40-64-50-36-34-38-52-56(50)62-69-59-47-44-48(60(59)70-62)54-46-43-45(53(47)54)57-58(46)68-61(67-57)55-49(63-39-29-25-21-17-13-9-5-1)35-33-37-51(55)65-41-31-27-23-19-15-11-7-3-4-8-12-16-20-24-28-32-42-66-52/h33-38,45-48,53-54,57-60H,1-32,39-44H2/t45-,46+,47+,48-,53?,54?,57-,58+,59+,60-. The summed E-state index contributed by atoms with van der Waals surface area (Å²) in [5.41, 5.74) is 1.94. The maximum Gasteiger partial charge on any atom is 0.502 e. The minimum absolute atomic E-state index is 0.0824. The highest BCUT2D eigenvalue weighted by Crippen LogP contribution is 2.70. The van der Waals surface area contributed by atoms with Gasteiger partial charge in [-0.2, -0.15) is 0 Å². The van der Waals surface area contributed by atoms with Gasteiger partial charge in [-0.3, -0.25) is 0 Å². The van der Waals surface area contributed by atoms with Gasteiger partial charge in [0.05, 0.1) is 61.8 Å². The van der Waals surface area contributed by atoms with Crippen LogP contribution in [0, 0.1) is 35.5 Å². The van der Waals surface area contributed by atoms with Crippen molar-refractivity contribution >= 4 is 25.2 Å². The van der Waals surface area contributed by atoms with Crippen molar-refractivity contribution in [3.63, 3.8) is 0 Å². The Morgan fingerprint density at radius 1 is 0.271 bits per heavy atom. The summed E-state index contributed by atoms with van der Waals surface area (Å²) in [4.78, 5) is 0. The largest absolute Gasteiger partial charge is 0.502 e. The van der Waals surface area contributed by atoms with Crippen LogP contribution in [-0.4, -0.2) is 65.1 Å². The van der Waals surface area contributed by atoms with Crippen LogP contribution >= 0.6 is 0 Å². The van der Waals surface area contributed by atoms with Crippen molar-refractivity contribution in [1.29, 1.82) is 0 Å². The van der Waals surface area contributed by atoms with Gasteiger partial charge < -0.3 is 37.6 Å². The summed E-state index contributed by atoms with van der Waals surface area (Å²) in [7, 11) is -0.961. The SMILES string of the molecule is c1cc2c3c(c1)OCCCCCCCCCCCCCCCCCCOc1cccc(c1B1O[C@@H]4[C@H](O1)[C@@H]1C[C@H]4C4C1[C@@H]1C[C@H]4[C@H]4OB3O[C@H]41)OCCCCCCCCCCCCCCCCCCO2. The molecule has 6 aliphatic heterocycles. The number of hydrogen-bond donors (Lipinski definition) is 0. The van der Waals surface area contributed by atoms with Crippen LogP contribution in [0.2, 0.25) is 0 Å². The quantitative estimate of drug-likeness (QED) is 0.242. The molecule has 10 aliphatic rings. The molecule has 0 amide bonds. The molecule has 0 N–H and O–H groups in total. The maximum atomic E-state index is 7.19. The molecule has 386 valence electrons. The van der Waals surface area contributed by atoms with Gasteiger partial charge in [0, 0.05) is 0 Å². The Labute approximate surface area is 425 Å². The van der Waals surface area contributed by atoms with Crippen LogP contribution in [0.3, 0.4) is 0 Å². The fourth-order valence-electron chi connectivity index (χ4n) is 15.1. The lowest BCUT2D eigenvalue weighted by atomic mass is 9.67.